The number of tetrazole rings is 1. The second kappa shape index (κ2) is 8.41. The fourth-order valence-corrected chi connectivity index (χ4v) is 5.38. The van der Waals surface area contributed by atoms with Crippen LogP contribution in [0.2, 0.25) is 0 Å². The first-order valence-electron chi connectivity index (χ1n) is 11.8. The third-order valence-corrected chi connectivity index (χ3v) is 7.12. The second-order valence-electron chi connectivity index (χ2n) is 9.06. The molecule has 0 spiro atoms. The standard InChI is InChI=1S/C27H26N6O/c1-18-24(26(34)32-16-14-20(15-17-32)19-8-3-2-4-9-19)25(33-27(28-18)29-30-31-33)23-13-7-11-21-10-5-6-12-22(21)23/h2-13,20,25H,14-17H2,1H3,(H,28,29,31). The number of allylic oxidation sites excluding steroid dienone is 1. The van der Waals surface area contributed by atoms with Gasteiger partial charge in [0, 0.05) is 18.8 Å². The van der Waals surface area contributed by atoms with Gasteiger partial charge in [-0.15, -0.1) is 0 Å². The van der Waals surface area contributed by atoms with Gasteiger partial charge in [0.1, 0.15) is 6.04 Å². The highest BCUT2D eigenvalue weighted by Crippen LogP contribution is 2.39. The van der Waals surface area contributed by atoms with Crippen LogP contribution in [0.25, 0.3) is 10.8 Å². The molecule has 1 unspecified atom stereocenters. The second-order valence-corrected chi connectivity index (χ2v) is 9.06. The number of aromatic nitrogens is 4. The highest BCUT2D eigenvalue weighted by Gasteiger charge is 2.37. The average molecular weight is 451 g/mol. The molecule has 34 heavy (non-hydrogen) atoms. The Morgan fingerprint density at radius 1 is 0.941 bits per heavy atom. The first kappa shape index (κ1) is 20.6. The Kier molecular flexibility index (Phi) is 5.09. The molecule has 4 aromatic rings. The van der Waals surface area contributed by atoms with E-state index in [-0.39, 0.29) is 5.91 Å². The lowest BCUT2D eigenvalue weighted by atomic mass is 9.87. The Labute approximate surface area is 198 Å². The zero-order valence-corrected chi connectivity index (χ0v) is 19.1. The first-order valence-corrected chi connectivity index (χ1v) is 11.8. The van der Waals surface area contributed by atoms with Crippen LogP contribution in [0.5, 0.6) is 0 Å². The van der Waals surface area contributed by atoms with E-state index >= 15 is 0 Å². The Morgan fingerprint density at radius 3 is 2.50 bits per heavy atom. The average Bonchev–Trinajstić information content (AvgIpc) is 3.36. The number of piperidine rings is 1. The Balaban J connectivity index is 1.36. The van der Waals surface area contributed by atoms with Gasteiger partial charge in [0.15, 0.2) is 0 Å². The number of rotatable bonds is 3. The summed E-state index contributed by atoms with van der Waals surface area (Å²) >= 11 is 0. The van der Waals surface area contributed by atoms with Crippen LogP contribution in [0.4, 0.5) is 5.95 Å². The van der Waals surface area contributed by atoms with Crippen LogP contribution in [0.1, 0.15) is 42.9 Å². The van der Waals surface area contributed by atoms with Crippen molar-refractivity contribution in [3.8, 4) is 0 Å². The molecule has 1 N–H and O–H groups in total. The number of benzene rings is 3. The number of fused-ring (bicyclic) bond motifs is 2. The highest BCUT2D eigenvalue weighted by atomic mass is 16.2. The summed E-state index contributed by atoms with van der Waals surface area (Å²) in [6.45, 7) is 3.42. The number of amides is 1. The van der Waals surface area contributed by atoms with E-state index in [0.717, 1.165) is 48.0 Å². The number of nitrogens with one attached hydrogen (secondary N) is 1. The van der Waals surface area contributed by atoms with E-state index in [1.807, 2.05) is 36.1 Å². The fraction of sp³-hybridized carbons (Fsp3) is 0.259. The maximum Gasteiger partial charge on any atom is 0.254 e. The van der Waals surface area contributed by atoms with Crippen LogP contribution < -0.4 is 5.32 Å². The molecule has 7 heteroatoms. The molecular weight excluding hydrogens is 424 g/mol. The number of likely N-dealkylation sites (tertiary alicyclic amines) is 1. The van der Waals surface area contributed by atoms with Crippen LogP contribution in [0.3, 0.4) is 0 Å². The maximum absolute atomic E-state index is 14.0. The summed E-state index contributed by atoms with van der Waals surface area (Å²) in [5.41, 5.74) is 3.89. The number of carbonyl (C=O) groups is 1. The third-order valence-electron chi connectivity index (χ3n) is 7.12. The molecule has 2 aliphatic heterocycles. The molecule has 2 aliphatic rings. The monoisotopic (exact) mass is 450 g/mol. The number of nitrogens with zero attached hydrogens (tertiary/aromatic N) is 5. The molecule has 0 saturated carbocycles. The highest BCUT2D eigenvalue weighted by molar-refractivity contribution is 5.98. The maximum atomic E-state index is 14.0. The van der Waals surface area contributed by atoms with Gasteiger partial charge in [0.25, 0.3) is 5.91 Å². The molecule has 1 atom stereocenters. The SMILES string of the molecule is CC1=C(C(=O)N2CCC(c3ccccc3)CC2)C(c2cccc3ccccc23)n2nnnc2N1. The van der Waals surface area contributed by atoms with Crippen molar-refractivity contribution >= 4 is 22.6 Å². The lowest BCUT2D eigenvalue weighted by Gasteiger charge is -2.36. The molecule has 3 heterocycles. The summed E-state index contributed by atoms with van der Waals surface area (Å²) in [7, 11) is 0. The zero-order chi connectivity index (χ0) is 23.1. The topological polar surface area (TPSA) is 75.9 Å². The van der Waals surface area contributed by atoms with Crippen molar-refractivity contribution in [2.75, 3.05) is 18.4 Å². The molecule has 1 saturated heterocycles. The van der Waals surface area contributed by atoms with Crippen molar-refractivity contribution in [3.05, 3.63) is 95.2 Å². The predicted molar refractivity (Wildman–Crippen MR) is 131 cm³/mol. The van der Waals surface area contributed by atoms with Gasteiger partial charge in [-0.05, 0) is 58.0 Å². The molecule has 1 amide bonds. The van der Waals surface area contributed by atoms with Crippen LogP contribution in [-0.4, -0.2) is 44.1 Å². The largest absolute Gasteiger partial charge is 0.339 e. The number of carbonyl (C=O) groups excluding carboxylic acids is 1. The normalized spacial score (nSPS) is 18.6. The van der Waals surface area contributed by atoms with Gasteiger partial charge in [-0.3, -0.25) is 4.79 Å². The number of hydrogen-bond acceptors (Lipinski definition) is 5. The van der Waals surface area contributed by atoms with Gasteiger partial charge in [-0.25, -0.2) is 0 Å². The lowest BCUT2D eigenvalue weighted by Crippen LogP contribution is -2.42. The molecule has 3 aromatic carbocycles. The minimum atomic E-state index is -0.392. The minimum absolute atomic E-state index is 0.0515. The Morgan fingerprint density at radius 2 is 1.68 bits per heavy atom. The minimum Gasteiger partial charge on any atom is -0.339 e. The van der Waals surface area contributed by atoms with E-state index in [1.165, 1.54) is 5.56 Å². The molecule has 1 fully saturated rings. The molecule has 6 rings (SSSR count). The van der Waals surface area contributed by atoms with E-state index in [9.17, 15) is 4.79 Å². The van der Waals surface area contributed by atoms with Crippen molar-refractivity contribution in [3.63, 3.8) is 0 Å². The smallest absolute Gasteiger partial charge is 0.254 e. The van der Waals surface area contributed by atoms with Crippen molar-refractivity contribution < 1.29 is 4.79 Å². The summed E-state index contributed by atoms with van der Waals surface area (Å²) in [6.07, 6.45) is 1.93. The molecule has 0 radical (unpaired) electrons. The molecule has 0 aliphatic carbocycles. The summed E-state index contributed by atoms with van der Waals surface area (Å²) in [6, 6.07) is 24.7. The predicted octanol–water partition coefficient (Wildman–Crippen LogP) is 4.52. The molecular formula is C27H26N6O. The molecule has 7 nitrogen and oxygen atoms in total. The molecule has 0 bridgehead atoms. The van der Waals surface area contributed by atoms with Crippen molar-refractivity contribution in [2.45, 2.75) is 31.7 Å². The fourth-order valence-electron chi connectivity index (χ4n) is 5.38. The molecule has 170 valence electrons. The third kappa shape index (κ3) is 3.44. The van der Waals surface area contributed by atoms with E-state index in [1.54, 1.807) is 4.68 Å². The van der Waals surface area contributed by atoms with Gasteiger partial charge < -0.3 is 10.2 Å². The van der Waals surface area contributed by atoms with Gasteiger partial charge in [0.2, 0.25) is 5.95 Å². The van der Waals surface area contributed by atoms with Crippen LogP contribution in [-0.2, 0) is 4.79 Å². The van der Waals surface area contributed by atoms with E-state index in [0.29, 0.717) is 17.4 Å². The van der Waals surface area contributed by atoms with E-state index < -0.39 is 6.04 Å². The first-order chi connectivity index (χ1) is 16.7. The van der Waals surface area contributed by atoms with Gasteiger partial charge in [-0.1, -0.05) is 77.9 Å². The van der Waals surface area contributed by atoms with Crippen LogP contribution in [0.15, 0.2) is 84.1 Å². The molecule has 1 aromatic heterocycles. The van der Waals surface area contributed by atoms with Gasteiger partial charge in [-0.2, -0.15) is 4.68 Å². The van der Waals surface area contributed by atoms with Crippen molar-refractivity contribution in [1.82, 2.24) is 25.1 Å². The summed E-state index contributed by atoms with van der Waals surface area (Å²) < 4.78 is 1.73. The van der Waals surface area contributed by atoms with Crippen molar-refractivity contribution in [1.29, 1.82) is 0 Å². The summed E-state index contributed by atoms with van der Waals surface area (Å²) in [5.74, 6) is 1.09. The van der Waals surface area contributed by atoms with E-state index in [4.69, 9.17) is 0 Å². The Bertz CT molecular complexity index is 1380. The van der Waals surface area contributed by atoms with Crippen LogP contribution >= 0.6 is 0 Å². The zero-order valence-electron chi connectivity index (χ0n) is 19.1. The van der Waals surface area contributed by atoms with Crippen LogP contribution in [0, 0.1) is 0 Å². The summed E-state index contributed by atoms with van der Waals surface area (Å²) in [4.78, 5) is 16.0. The van der Waals surface area contributed by atoms with Gasteiger partial charge in [0.05, 0.1) is 5.57 Å². The Hall–Kier alpha value is -4.00. The lowest BCUT2D eigenvalue weighted by molar-refractivity contribution is -0.128. The summed E-state index contributed by atoms with van der Waals surface area (Å²) in [5, 5.41) is 17.8. The quantitative estimate of drug-likeness (QED) is 0.497. The van der Waals surface area contributed by atoms with Gasteiger partial charge >= 0.3 is 0 Å². The number of hydrogen-bond donors (Lipinski definition) is 1. The van der Waals surface area contributed by atoms with E-state index in [2.05, 4.69) is 69.4 Å². The van der Waals surface area contributed by atoms with Crippen molar-refractivity contribution in [2.24, 2.45) is 0 Å². The number of anilines is 1.